The molecule has 1 fully saturated rings. The maximum absolute atomic E-state index is 12.3. The van der Waals surface area contributed by atoms with Crippen LogP contribution in [0.15, 0.2) is 0 Å². The number of amides is 1. The number of methoxy groups -OCH3 is 1. The first-order chi connectivity index (χ1) is 8.15. The van der Waals surface area contributed by atoms with Crippen LogP contribution < -0.4 is 0 Å². The Balaban J connectivity index is 2.76. The van der Waals surface area contributed by atoms with Gasteiger partial charge in [0.05, 0.1) is 7.11 Å². The summed E-state index contributed by atoms with van der Waals surface area (Å²) in [7, 11) is 1.39. The van der Waals surface area contributed by atoms with Crippen LogP contribution in [-0.4, -0.2) is 36.5 Å². The van der Waals surface area contributed by atoms with Crippen molar-refractivity contribution in [2.24, 2.45) is 5.92 Å². The van der Waals surface area contributed by atoms with Gasteiger partial charge in [-0.2, -0.15) is 0 Å². The minimum absolute atomic E-state index is 0.0419. The van der Waals surface area contributed by atoms with Crippen LogP contribution in [0.3, 0.4) is 0 Å². The third-order valence-electron chi connectivity index (χ3n) is 3.59. The van der Waals surface area contributed by atoms with Gasteiger partial charge >= 0.3 is 5.97 Å². The highest BCUT2D eigenvalue weighted by Gasteiger charge is 2.34. The van der Waals surface area contributed by atoms with Crippen molar-refractivity contribution in [3.8, 4) is 0 Å². The normalized spacial score (nSPS) is 20.5. The number of rotatable bonds is 4. The van der Waals surface area contributed by atoms with Gasteiger partial charge < -0.3 is 9.64 Å². The van der Waals surface area contributed by atoms with E-state index in [0.29, 0.717) is 6.54 Å². The van der Waals surface area contributed by atoms with Gasteiger partial charge in [-0.1, -0.05) is 13.8 Å². The summed E-state index contributed by atoms with van der Waals surface area (Å²) in [4.78, 5) is 25.7. The van der Waals surface area contributed by atoms with E-state index in [0.717, 1.165) is 32.1 Å². The number of carbonyl (C=O) groups is 2. The molecule has 0 N–H and O–H groups in total. The summed E-state index contributed by atoms with van der Waals surface area (Å²) in [6.07, 6.45) is 4.38. The van der Waals surface area contributed by atoms with Gasteiger partial charge in [0, 0.05) is 12.5 Å². The van der Waals surface area contributed by atoms with E-state index in [1.54, 1.807) is 4.90 Å². The van der Waals surface area contributed by atoms with E-state index in [1.807, 2.05) is 13.8 Å². The van der Waals surface area contributed by atoms with Crippen molar-refractivity contribution in [2.45, 2.75) is 52.0 Å². The number of hydrogen-bond acceptors (Lipinski definition) is 3. The summed E-state index contributed by atoms with van der Waals surface area (Å²) in [6, 6.07) is -0.359. The minimum Gasteiger partial charge on any atom is -0.467 e. The second-order valence-electron chi connectivity index (χ2n) is 4.58. The summed E-state index contributed by atoms with van der Waals surface area (Å²) in [5, 5.41) is 0. The Morgan fingerprint density at radius 2 is 1.94 bits per heavy atom. The molecule has 0 saturated carbocycles. The number of nitrogens with zero attached hydrogens (tertiary/aromatic N) is 1. The van der Waals surface area contributed by atoms with Gasteiger partial charge in [-0.05, 0) is 32.1 Å². The number of likely N-dealkylation sites (tertiary alicyclic amines) is 1. The molecule has 0 aromatic carbocycles. The average Bonchev–Trinajstić information content (AvgIpc) is 2.39. The number of ether oxygens (including phenoxy) is 1. The second kappa shape index (κ2) is 6.62. The van der Waals surface area contributed by atoms with Crippen LogP contribution in [0.25, 0.3) is 0 Å². The molecule has 4 nitrogen and oxygen atoms in total. The number of piperidine rings is 1. The molecular weight excluding hydrogens is 218 g/mol. The Kier molecular flexibility index (Phi) is 5.45. The first-order valence-corrected chi connectivity index (χ1v) is 6.53. The van der Waals surface area contributed by atoms with Gasteiger partial charge in [0.15, 0.2) is 0 Å². The van der Waals surface area contributed by atoms with Crippen LogP contribution in [0.4, 0.5) is 0 Å². The van der Waals surface area contributed by atoms with E-state index < -0.39 is 0 Å². The lowest BCUT2D eigenvalue weighted by molar-refractivity contribution is -0.156. The van der Waals surface area contributed by atoms with Gasteiger partial charge in [-0.15, -0.1) is 0 Å². The Hall–Kier alpha value is -1.06. The molecule has 0 aromatic rings. The van der Waals surface area contributed by atoms with Crippen molar-refractivity contribution in [3.63, 3.8) is 0 Å². The molecule has 4 heteroatoms. The smallest absolute Gasteiger partial charge is 0.328 e. The third kappa shape index (κ3) is 3.20. The number of esters is 1. The second-order valence-corrected chi connectivity index (χ2v) is 4.58. The van der Waals surface area contributed by atoms with Gasteiger partial charge in [0.1, 0.15) is 6.04 Å². The van der Waals surface area contributed by atoms with Crippen molar-refractivity contribution >= 4 is 11.9 Å². The lowest BCUT2D eigenvalue weighted by atomic mass is 9.96. The summed E-state index contributed by atoms with van der Waals surface area (Å²) in [6.45, 7) is 4.72. The highest BCUT2D eigenvalue weighted by molar-refractivity contribution is 5.86. The fraction of sp³-hybridized carbons (Fsp3) is 0.846. The molecule has 1 aliphatic rings. The molecule has 0 aliphatic carbocycles. The van der Waals surface area contributed by atoms with Crippen LogP contribution in [0.5, 0.6) is 0 Å². The fourth-order valence-corrected chi connectivity index (χ4v) is 2.45. The zero-order valence-corrected chi connectivity index (χ0v) is 11.1. The van der Waals surface area contributed by atoms with Crippen molar-refractivity contribution < 1.29 is 14.3 Å². The maximum Gasteiger partial charge on any atom is 0.328 e. The Morgan fingerprint density at radius 3 is 2.47 bits per heavy atom. The van der Waals surface area contributed by atoms with Crippen molar-refractivity contribution in [1.29, 1.82) is 0 Å². The van der Waals surface area contributed by atoms with E-state index >= 15 is 0 Å². The van der Waals surface area contributed by atoms with Crippen LogP contribution in [0.1, 0.15) is 46.0 Å². The van der Waals surface area contributed by atoms with E-state index in [1.165, 1.54) is 7.11 Å². The SMILES string of the molecule is CCC(CC)C(=O)N1CCCCC1C(=O)OC. The highest BCUT2D eigenvalue weighted by Crippen LogP contribution is 2.22. The molecule has 0 radical (unpaired) electrons. The largest absolute Gasteiger partial charge is 0.467 e. The quantitative estimate of drug-likeness (QED) is 0.707. The van der Waals surface area contributed by atoms with E-state index in [9.17, 15) is 9.59 Å². The molecule has 0 bridgehead atoms. The van der Waals surface area contributed by atoms with Crippen molar-refractivity contribution in [1.82, 2.24) is 4.90 Å². The molecule has 0 aromatic heterocycles. The van der Waals surface area contributed by atoms with E-state index in [-0.39, 0.29) is 23.8 Å². The number of carbonyl (C=O) groups excluding carboxylic acids is 2. The highest BCUT2D eigenvalue weighted by atomic mass is 16.5. The van der Waals surface area contributed by atoms with Crippen molar-refractivity contribution in [2.75, 3.05) is 13.7 Å². The van der Waals surface area contributed by atoms with Gasteiger partial charge in [0.25, 0.3) is 0 Å². The summed E-state index contributed by atoms with van der Waals surface area (Å²) >= 11 is 0. The zero-order chi connectivity index (χ0) is 12.8. The zero-order valence-electron chi connectivity index (χ0n) is 11.1. The standard InChI is InChI=1S/C13H23NO3/c1-4-10(5-2)12(15)14-9-7-6-8-11(14)13(16)17-3/h10-11H,4-9H2,1-3H3. The summed E-state index contributed by atoms with van der Waals surface area (Å²) < 4.78 is 4.78. The van der Waals surface area contributed by atoms with Gasteiger partial charge in [-0.25, -0.2) is 4.79 Å². The molecule has 1 saturated heterocycles. The van der Waals surface area contributed by atoms with Gasteiger partial charge in [-0.3, -0.25) is 4.79 Å². The third-order valence-corrected chi connectivity index (χ3v) is 3.59. The molecule has 98 valence electrons. The minimum atomic E-state index is -0.359. The van der Waals surface area contributed by atoms with Crippen molar-refractivity contribution in [3.05, 3.63) is 0 Å². The average molecular weight is 241 g/mol. The van der Waals surface area contributed by atoms with Gasteiger partial charge in [0.2, 0.25) is 5.91 Å². The molecule has 1 unspecified atom stereocenters. The molecule has 0 spiro atoms. The molecule has 1 aliphatic heterocycles. The van der Waals surface area contributed by atoms with Crippen LogP contribution in [-0.2, 0) is 14.3 Å². The molecule has 1 heterocycles. The molecule has 1 amide bonds. The Bertz CT molecular complexity index is 274. The Morgan fingerprint density at radius 1 is 1.29 bits per heavy atom. The van der Waals surface area contributed by atoms with Crippen LogP contribution in [0.2, 0.25) is 0 Å². The summed E-state index contributed by atoms with van der Waals surface area (Å²) in [5.74, 6) is -0.116. The lowest BCUT2D eigenvalue weighted by Gasteiger charge is -2.35. The molecule has 1 rings (SSSR count). The lowest BCUT2D eigenvalue weighted by Crippen LogP contribution is -2.50. The maximum atomic E-state index is 12.3. The topological polar surface area (TPSA) is 46.6 Å². The molecular formula is C13H23NO3. The monoisotopic (exact) mass is 241 g/mol. The fourth-order valence-electron chi connectivity index (χ4n) is 2.45. The predicted molar refractivity (Wildman–Crippen MR) is 65.4 cm³/mol. The van der Waals surface area contributed by atoms with E-state index in [4.69, 9.17) is 4.74 Å². The van der Waals surface area contributed by atoms with Crippen LogP contribution in [0, 0.1) is 5.92 Å². The molecule has 1 atom stereocenters. The first kappa shape index (κ1) is 14.0. The Labute approximate surface area is 103 Å². The van der Waals surface area contributed by atoms with E-state index in [2.05, 4.69) is 0 Å². The number of hydrogen-bond donors (Lipinski definition) is 0. The predicted octanol–water partition coefficient (Wildman–Crippen LogP) is 1.98. The van der Waals surface area contributed by atoms with Crippen LogP contribution >= 0.6 is 0 Å². The molecule has 17 heavy (non-hydrogen) atoms. The summed E-state index contributed by atoms with van der Waals surface area (Å²) in [5.41, 5.74) is 0. The first-order valence-electron chi connectivity index (χ1n) is 6.53.